The van der Waals surface area contributed by atoms with Crippen molar-refractivity contribution in [1.82, 2.24) is 14.9 Å². The molecule has 2 fully saturated rings. The molecule has 0 saturated carbocycles. The number of amides is 1. The van der Waals surface area contributed by atoms with Crippen LogP contribution in [-0.2, 0) is 14.3 Å². The van der Waals surface area contributed by atoms with Crippen molar-refractivity contribution in [2.75, 3.05) is 37.9 Å². The minimum atomic E-state index is -0.338. The zero-order valence-electron chi connectivity index (χ0n) is 17.4. The molecule has 1 aromatic rings. The molecule has 0 spiro atoms. The Morgan fingerprint density at radius 1 is 1.32 bits per heavy atom. The van der Waals surface area contributed by atoms with E-state index in [-0.39, 0.29) is 30.3 Å². The predicted octanol–water partition coefficient (Wildman–Crippen LogP) is 2.14. The van der Waals surface area contributed by atoms with Crippen LogP contribution < -0.4 is 10.6 Å². The van der Waals surface area contributed by atoms with Gasteiger partial charge in [-0.3, -0.25) is 4.79 Å². The molecule has 2 aliphatic rings. The normalized spacial score (nSPS) is 27.6. The second-order valence-electron chi connectivity index (χ2n) is 8.18. The molecule has 2 aliphatic heterocycles. The van der Waals surface area contributed by atoms with Gasteiger partial charge in [-0.1, -0.05) is 13.8 Å². The number of anilines is 2. The quantitative estimate of drug-likeness (QED) is 0.736. The first-order valence-electron chi connectivity index (χ1n) is 10.3. The average molecular weight is 392 g/mol. The van der Waals surface area contributed by atoms with Crippen molar-refractivity contribution in [3.63, 3.8) is 0 Å². The van der Waals surface area contributed by atoms with E-state index in [4.69, 9.17) is 9.47 Å². The van der Waals surface area contributed by atoms with Crippen LogP contribution in [0.3, 0.4) is 0 Å². The lowest BCUT2D eigenvalue weighted by molar-refractivity contribution is -0.140. The molecule has 0 aromatic carbocycles. The van der Waals surface area contributed by atoms with Gasteiger partial charge >= 0.3 is 0 Å². The molecule has 4 unspecified atom stereocenters. The van der Waals surface area contributed by atoms with Crippen LogP contribution in [0.15, 0.2) is 12.3 Å². The van der Waals surface area contributed by atoms with Crippen LogP contribution >= 0.6 is 0 Å². The average Bonchev–Trinajstić information content (AvgIpc) is 3.15. The van der Waals surface area contributed by atoms with Crippen LogP contribution in [0.2, 0.25) is 0 Å². The molecule has 2 saturated heterocycles. The van der Waals surface area contributed by atoms with Crippen molar-refractivity contribution in [1.29, 1.82) is 0 Å². The van der Waals surface area contributed by atoms with E-state index in [0.29, 0.717) is 18.4 Å². The van der Waals surface area contributed by atoms with E-state index < -0.39 is 0 Å². The first kappa shape index (κ1) is 20.8. The highest BCUT2D eigenvalue weighted by atomic mass is 16.5. The number of rotatable bonds is 7. The maximum Gasteiger partial charge on any atom is 0.251 e. The van der Waals surface area contributed by atoms with Crippen LogP contribution in [-0.4, -0.2) is 72.4 Å². The van der Waals surface area contributed by atoms with Crippen molar-refractivity contribution in [3.05, 3.63) is 12.3 Å². The highest BCUT2D eigenvalue weighted by molar-refractivity contribution is 5.80. The predicted molar refractivity (Wildman–Crippen MR) is 108 cm³/mol. The van der Waals surface area contributed by atoms with Crippen LogP contribution in [0.4, 0.5) is 11.8 Å². The molecule has 3 heterocycles. The van der Waals surface area contributed by atoms with Crippen LogP contribution in [0.1, 0.15) is 39.5 Å². The van der Waals surface area contributed by atoms with Gasteiger partial charge in [0.05, 0.1) is 18.2 Å². The summed E-state index contributed by atoms with van der Waals surface area (Å²) in [5.41, 5.74) is 0. The molecular formula is C20H33N5O3. The summed E-state index contributed by atoms with van der Waals surface area (Å²) in [6.07, 6.45) is 5.34. The molecule has 0 bridgehead atoms. The highest BCUT2D eigenvalue weighted by Crippen LogP contribution is 2.24. The largest absolute Gasteiger partial charge is 0.376 e. The third-order valence-corrected chi connectivity index (χ3v) is 5.32. The zero-order chi connectivity index (χ0) is 20.1. The van der Waals surface area contributed by atoms with Gasteiger partial charge in [0.1, 0.15) is 11.9 Å². The van der Waals surface area contributed by atoms with Crippen molar-refractivity contribution in [2.24, 2.45) is 5.92 Å². The summed E-state index contributed by atoms with van der Waals surface area (Å²) in [5, 5.41) is 6.76. The van der Waals surface area contributed by atoms with E-state index in [9.17, 15) is 4.79 Å². The maximum absolute atomic E-state index is 12.0. The third-order valence-electron chi connectivity index (χ3n) is 5.32. The number of carbonyl (C=O) groups is 1. The van der Waals surface area contributed by atoms with E-state index in [1.165, 1.54) is 0 Å². The highest BCUT2D eigenvalue weighted by Gasteiger charge is 2.32. The van der Waals surface area contributed by atoms with Crippen LogP contribution in [0.5, 0.6) is 0 Å². The summed E-state index contributed by atoms with van der Waals surface area (Å²) >= 11 is 0. The third kappa shape index (κ3) is 5.32. The minimum absolute atomic E-state index is 0.00817. The lowest BCUT2D eigenvalue weighted by Crippen LogP contribution is -2.43. The Bertz CT molecular complexity index is 654. The first-order valence-corrected chi connectivity index (χ1v) is 10.3. The number of hydrogen-bond acceptors (Lipinski definition) is 7. The summed E-state index contributed by atoms with van der Waals surface area (Å²) in [5.74, 6) is 1.84. The van der Waals surface area contributed by atoms with Crippen molar-refractivity contribution >= 4 is 17.7 Å². The molecule has 8 heteroatoms. The zero-order valence-corrected chi connectivity index (χ0v) is 17.4. The number of nitrogens with zero attached hydrogens (tertiary/aromatic N) is 3. The minimum Gasteiger partial charge on any atom is -0.376 e. The molecule has 0 radical (unpaired) electrons. The lowest BCUT2D eigenvalue weighted by Gasteiger charge is -2.35. The molecule has 3 rings (SSSR count). The maximum atomic E-state index is 12.0. The van der Waals surface area contributed by atoms with E-state index in [1.807, 2.05) is 6.07 Å². The standard InChI is InChI=1S/C20H33N5O3/c1-13(2)18-15(6-5-11-27-18)23-17-9-10-21-20(24-17)22-12-14-7-8-16(28-14)19(26)25(3)4/h9-10,13-16,18H,5-8,11-12H2,1-4H3,(H2,21,22,23,24). The summed E-state index contributed by atoms with van der Waals surface area (Å²) in [4.78, 5) is 22.5. The van der Waals surface area contributed by atoms with Gasteiger partial charge < -0.3 is 25.0 Å². The molecule has 1 aromatic heterocycles. The number of aromatic nitrogens is 2. The van der Waals surface area contributed by atoms with Gasteiger partial charge in [-0.05, 0) is 37.7 Å². The fraction of sp³-hybridized carbons (Fsp3) is 0.750. The van der Waals surface area contributed by atoms with Crippen molar-refractivity contribution in [3.8, 4) is 0 Å². The Morgan fingerprint density at radius 2 is 2.14 bits per heavy atom. The van der Waals surface area contributed by atoms with Gasteiger partial charge in [0.25, 0.3) is 5.91 Å². The number of ether oxygens (including phenoxy) is 2. The number of carbonyl (C=O) groups excluding carboxylic acids is 1. The fourth-order valence-corrected chi connectivity index (χ4v) is 3.86. The molecule has 4 atom stereocenters. The Balaban J connectivity index is 1.52. The van der Waals surface area contributed by atoms with Crippen LogP contribution in [0, 0.1) is 5.92 Å². The van der Waals surface area contributed by atoms with Gasteiger partial charge in [0.2, 0.25) is 5.95 Å². The number of nitrogens with one attached hydrogen (secondary N) is 2. The first-order chi connectivity index (χ1) is 13.4. The van der Waals surface area contributed by atoms with Crippen molar-refractivity contribution < 1.29 is 14.3 Å². The van der Waals surface area contributed by atoms with Crippen LogP contribution in [0.25, 0.3) is 0 Å². The summed E-state index contributed by atoms with van der Waals surface area (Å²) in [6, 6.07) is 2.14. The smallest absolute Gasteiger partial charge is 0.251 e. The Hall–Kier alpha value is -1.93. The molecule has 0 aliphatic carbocycles. The van der Waals surface area contributed by atoms with Gasteiger partial charge in [0, 0.05) is 33.4 Å². The molecular weight excluding hydrogens is 358 g/mol. The Morgan fingerprint density at radius 3 is 2.89 bits per heavy atom. The summed E-state index contributed by atoms with van der Waals surface area (Å²) < 4.78 is 11.8. The monoisotopic (exact) mass is 391 g/mol. The van der Waals surface area contributed by atoms with Gasteiger partial charge in [0.15, 0.2) is 0 Å². The van der Waals surface area contributed by atoms with Gasteiger partial charge in [-0.2, -0.15) is 4.98 Å². The summed E-state index contributed by atoms with van der Waals surface area (Å²) in [6.45, 7) is 5.79. The van der Waals surface area contributed by atoms with E-state index in [2.05, 4.69) is 34.4 Å². The molecule has 8 nitrogen and oxygen atoms in total. The van der Waals surface area contributed by atoms with E-state index >= 15 is 0 Å². The fourth-order valence-electron chi connectivity index (χ4n) is 3.86. The Kier molecular flexibility index (Phi) is 7.07. The second kappa shape index (κ2) is 9.52. The van der Waals surface area contributed by atoms with E-state index in [1.54, 1.807) is 25.2 Å². The van der Waals surface area contributed by atoms with Gasteiger partial charge in [-0.15, -0.1) is 0 Å². The Labute approximate surface area is 167 Å². The molecule has 1 amide bonds. The van der Waals surface area contributed by atoms with Gasteiger partial charge in [-0.25, -0.2) is 4.98 Å². The molecule has 28 heavy (non-hydrogen) atoms. The number of hydrogen-bond donors (Lipinski definition) is 2. The molecule has 156 valence electrons. The van der Waals surface area contributed by atoms with E-state index in [0.717, 1.165) is 38.1 Å². The topological polar surface area (TPSA) is 88.6 Å². The summed E-state index contributed by atoms with van der Waals surface area (Å²) in [7, 11) is 3.51. The van der Waals surface area contributed by atoms with Crippen molar-refractivity contribution in [2.45, 2.75) is 63.9 Å². The number of likely N-dealkylation sites (N-methyl/N-ethyl adjacent to an activating group) is 1. The lowest BCUT2D eigenvalue weighted by atomic mass is 9.94. The SMILES string of the molecule is CC(C)C1OCCCC1Nc1ccnc(NCC2CCC(C(=O)N(C)C)O2)n1. The molecule has 2 N–H and O–H groups in total. The second-order valence-corrected chi connectivity index (χ2v) is 8.18.